The lowest BCUT2D eigenvalue weighted by atomic mass is 9.95. The first-order valence-corrected chi connectivity index (χ1v) is 12.0. The number of aromatic amines is 1. The van der Waals surface area contributed by atoms with Gasteiger partial charge in [0.2, 0.25) is 5.78 Å². The number of aromatic nitrogens is 1. The molecule has 0 aliphatic carbocycles. The Bertz CT molecular complexity index is 1410. The second-order valence-corrected chi connectivity index (χ2v) is 9.38. The van der Waals surface area contributed by atoms with E-state index in [1.165, 1.54) is 11.3 Å². The van der Waals surface area contributed by atoms with E-state index in [1.54, 1.807) is 53.8 Å². The van der Waals surface area contributed by atoms with E-state index in [0.717, 1.165) is 22.2 Å². The van der Waals surface area contributed by atoms with Crippen LogP contribution in [0.15, 0.2) is 77.5 Å². The van der Waals surface area contributed by atoms with Crippen LogP contribution < -0.4 is 4.74 Å². The minimum absolute atomic E-state index is 0.0929. The van der Waals surface area contributed by atoms with Crippen LogP contribution in [-0.2, 0) is 11.2 Å². The van der Waals surface area contributed by atoms with Crippen LogP contribution in [0.4, 0.5) is 0 Å². The van der Waals surface area contributed by atoms with Gasteiger partial charge in [-0.3, -0.25) is 9.59 Å². The number of ketones is 1. The van der Waals surface area contributed by atoms with Crippen LogP contribution in [0, 0.1) is 0 Å². The minimum Gasteiger partial charge on any atom is -0.503 e. The number of aliphatic hydroxyl groups excluding tert-OH is 1. The van der Waals surface area contributed by atoms with Crippen molar-refractivity contribution in [2.24, 2.45) is 0 Å². The summed E-state index contributed by atoms with van der Waals surface area (Å²) in [5.74, 6) is -0.663. The number of methoxy groups -OCH3 is 1. The van der Waals surface area contributed by atoms with Crippen molar-refractivity contribution in [1.82, 2.24) is 9.88 Å². The molecule has 3 heterocycles. The van der Waals surface area contributed by atoms with E-state index >= 15 is 0 Å². The molecule has 1 aliphatic heterocycles. The zero-order valence-electron chi connectivity index (χ0n) is 18.2. The maximum Gasteiger partial charge on any atom is 0.290 e. The minimum atomic E-state index is -0.709. The third-order valence-corrected chi connectivity index (χ3v) is 7.20. The third-order valence-electron chi connectivity index (χ3n) is 6.08. The molecule has 1 aliphatic rings. The highest BCUT2D eigenvalue weighted by Gasteiger charge is 2.43. The van der Waals surface area contributed by atoms with Crippen LogP contribution >= 0.6 is 22.9 Å². The Morgan fingerprint density at radius 1 is 1.21 bits per heavy atom. The molecule has 0 saturated heterocycles. The molecule has 5 rings (SSSR count). The van der Waals surface area contributed by atoms with Crippen molar-refractivity contribution >= 4 is 45.5 Å². The Morgan fingerprint density at radius 2 is 2.00 bits per heavy atom. The number of halogens is 1. The zero-order valence-corrected chi connectivity index (χ0v) is 19.8. The van der Waals surface area contributed by atoms with Gasteiger partial charge in [-0.05, 0) is 59.3 Å². The van der Waals surface area contributed by atoms with Crippen molar-refractivity contribution in [3.05, 3.63) is 98.5 Å². The van der Waals surface area contributed by atoms with Gasteiger partial charge in [-0.25, -0.2) is 0 Å². The Labute approximate surface area is 205 Å². The van der Waals surface area contributed by atoms with Crippen LogP contribution in [-0.4, -0.2) is 40.3 Å². The number of thiophene rings is 1. The fourth-order valence-corrected chi connectivity index (χ4v) is 5.18. The van der Waals surface area contributed by atoms with Gasteiger partial charge in [0.1, 0.15) is 5.75 Å². The molecule has 8 heteroatoms. The molecule has 1 amide bonds. The number of rotatable bonds is 7. The first-order chi connectivity index (χ1) is 16.5. The quantitative estimate of drug-likeness (QED) is 0.323. The zero-order chi connectivity index (χ0) is 23.8. The van der Waals surface area contributed by atoms with Crippen molar-refractivity contribution in [1.29, 1.82) is 0 Å². The Morgan fingerprint density at radius 3 is 2.71 bits per heavy atom. The van der Waals surface area contributed by atoms with Gasteiger partial charge in [0.15, 0.2) is 5.76 Å². The number of fused-ring (bicyclic) bond motifs is 1. The molecule has 172 valence electrons. The summed E-state index contributed by atoms with van der Waals surface area (Å²) in [4.78, 5) is 31.8. The summed E-state index contributed by atoms with van der Waals surface area (Å²) in [6, 6.07) is 15.5. The lowest BCUT2D eigenvalue weighted by Gasteiger charge is -2.27. The third kappa shape index (κ3) is 3.87. The van der Waals surface area contributed by atoms with Gasteiger partial charge >= 0.3 is 0 Å². The van der Waals surface area contributed by atoms with Crippen molar-refractivity contribution < 1.29 is 19.4 Å². The van der Waals surface area contributed by atoms with Gasteiger partial charge in [-0.1, -0.05) is 29.8 Å². The highest BCUT2D eigenvalue weighted by molar-refractivity contribution is 7.12. The number of nitrogens with one attached hydrogen (secondary N) is 1. The van der Waals surface area contributed by atoms with E-state index in [9.17, 15) is 14.7 Å². The number of Topliss-reactive ketones (excluding diaryl/α,β-unsaturated/α-hetero) is 1. The number of carbonyl (C=O) groups is 2. The first-order valence-electron chi connectivity index (χ1n) is 10.7. The van der Waals surface area contributed by atoms with Crippen LogP contribution in [0.5, 0.6) is 5.75 Å². The van der Waals surface area contributed by atoms with Crippen molar-refractivity contribution in [2.75, 3.05) is 13.7 Å². The number of aliphatic hydroxyl groups is 1. The largest absolute Gasteiger partial charge is 0.503 e. The van der Waals surface area contributed by atoms with Crippen molar-refractivity contribution in [2.45, 2.75) is 12.5 Å². The summed E-state index contributed by atoms with van der Waals surface area (Å²) in [5, 5.41) is 14.1. The fourth-order valence-electron chi connectivity index (χ4n) is 4.38. The SMILES string of the molecule is COc1ccc2[nH]cc(CCN3C(=O)C(O)=C(C(=O)c4cccs4)C3c3ccc(Cl)cc3)c2c1. The summed E-state index contributed by atoms with van der Waals surface area (Å²) in [7, 11) is 1.62. The number of carbonyl (C=O) groups excluding carboxylic acids is 2. The van der Waals surface area contributed by atoms with E-state index in [4.69, 9.17) is 16.3 Å². The molecular formula is C26H21ClN2O4S. The Balaban J connectivity index is 1.50. The predicted molar refractivity (Wildman–Crippen MR) is 133 cm³/mol. The molecule has 0 radical (unpaired) electrons. The molecule has 0 saturated carbocycles. The summed E-state index contributed by atoms with van der Waals surface area (Å²) in [6.07, 6.45) is 2.43. The molecule has 2 aromatic carbocycles. The number of nitrogens with zero attached hydrogens (tertiary/aromatic N) is 1. The van der Waals surface area contributed by atoms with Gasteiger partial charge in [0, 0.05) is 28.7 Å². The molecule has 2 aromatic heterocycles. The number of amides is 1. The normalized spacial score (nSPS) is 16.0. The van der Waals surface area contributed by atoms with Crippen LogP contribution in [0.25, 0.3) is 10.9 Å². The topological polar surface area (TPSA) is 82.6 Å². The number of H-pyrrole nitrogens is 1. The number of hydrogen-bond donors (Lipinski definition) is 2. The van der Waals surface area contributed by atoms with Gasteiger partial charge in [-0.15, -0.1) is 11.3 Å². The summed E-state index contributed by atoms with van der Waals surface area (Å²) >= 11 is 7.36. The lowest BCUT2D eigenvalue weighted by molar-refractivity contribution is -0.129. The van der Waals surface area contributed by atoms with E-state index in [0.29, 0.717) is 28.4 Å². The van der Waals surface area contributed by atoms with Crippen molar-refractivity contribution in [3.63, 3.8) is 0 Å². The number of benzene rings is 2. The van der Waals surface area contributed by atoms with Gasteiger partial charge in [-0.2, -0.15) is 0 Å². The standard InChI is InChI=1S/C26H21ClN2O4S/c1-33-18-8-9-20-19(13-18)16(14-28-20)10-11-29-23(15-4-6-17(27)7-5-15)22(25(31)26(29)32)24(30)21-3-2-12-34-21/h2-9,12-14,23,28,31H,10-11H2,1H3. The Kier molecular flexibility index (Phi) is 5.89. The van der Waals surface area contributed by atoms with Crippen LogP contribution in [0.1, 0.15) is 26.8 Å². The van der Waals surface area contributed by atoms with Gasteiger partial charge in [0.05, 0.1) is 23.6 Å². The molecule has 1 unspecified atom stereocenters. The molecule has 4 aromatic rings. The molecule has 34 heavy (non-hydrogen) atoms. The fraction of sp³-hybridized carbons (Fsp3) is 0.154. The van der Waals surface area contributed by atoms with E-state index in [-0.39, 0.29) is 11.4 Å². The van der Waals surface area contributed by atoms with E-state index in [1.807, 2.05) is 24.4 Å². The summed E-state index contributed by atoms with van der Waals surface area (Å²) in [5.41, 5.74) is 2.78. The lowest BCUT2D eigenvalue weighted by Crippen LogP contribution is -2.33. The summed E-state index contributed by atoms with van der Waals surface area (Å²) < 4.78 is 5.35. The smallest absolute Gasteiger partial charge is 0.290 e. The average molecular weight is 493 g/mol. The van der Waals surface area contributed by atoms with Crippen LogP contribution in [0.2, 0.25) is 5.02 Å². The van der Waals surface area contributed by atoms with Gasteiger partial charge < -0.3 is 19.7 Å². The van der Waals surface area contributed by atoms with Crippen molar-refractivity contribution in [3.8, 4) is 5.75 Å². The van der Waals surface area contributed by atoms with Crippen LogP contribution in [0.3, 0.4) is 0 Å². The van der Waals surface area contributed by atoms with E-state index < -0.39 is 17.7 Å². The number of ether oxygens (including phenoxy) is 1. The molecule has 0 fully saturated rings. The number of hydrogen-bond acceptors (Lipinski definition) is 5. The maximum absolute atomic E-state index is 13.3. The summed E-state index contributed by atoms with van der Waals surface area (Å²) in [6.45, 7) is 0.307. The second-order valence-electron chi connectivity index (χ2n) is 8.00. The molecular weight excluding hydrogens is 472 g/mol. The second kappa shape index (κ2) is 9.00. The monoisotopic (exact) mass is 492 g/mol. The molecule has 0 bridgehead atoms. The Hall–Kier alpha value is -3.55. The molecule has 0 spiro atoms. The van der Waals surface area contributed by atoms with Gasteiger partial charge in [0.25, 0.3) is 5.91 Å². The molecule has 6 nitrogen and oxygen atoms in total. The van der Waals surface area contributed by atoms with E-state index in [2.05, 4.69) is 4.98 Å². The molecule has 2 N–H and O–H groups in total. The molecule has 1 atom stereocenters. The highest BCUT2D eigenvalue weighted by Crippen LogP contribution is 2.40. The maximum atomic E-state index is 13.3. The first kappa shape index (κ1) is 22.3. The average Bonchev–Trinajstić information content (AvgIpc) is 3.58. The predicted octanol–water partition coefficient (Wildman–Crippen LogP) is 5.71. The highest BCUT2D eigenvalue weighted by atomic mass is 35.5.